The lowest BCUT2D eigenvalue weighted by molar-refractivity contribution is -0.122. The van der Waals surface area contributed by atoms with Gasteiger partial charge in [-0.05, 0) is 54.8 Å². The van der Waals surface area contributed by atoms with Crippen LogP contribution in [-0.4, -0.2) is 27.2 Å². The van der Waals surface area contributed by atoms with E-state index in [1.54, 1.807) is 0 Å². The Morgan fingerprint density at radius 1 is 0.853 bits per heavy atom. The summed E-state index contributed by atoms with van der Waals surface area (Å²) in [5.74, 6) is -0.196. The Bertz CT molecular complexity index is 1370. The van der Waals surface area contributed by atoms with Crippen molar-refractivity contribution in [3.63, 3.8) is 0 Å². The molecule has 3 aromatic carbocycles. The minimum absolute atomic E-state index is 0.187. The largest absolute Gasteiger partial charge is 0.342 e. The molecule has 5 heteroatoms. The molecule has 1 aliphatic rings. The second kappa shape index (κ2) is 9.74. The zero-order chi connectivity index (χ0) is 23.5. The minimum atomic E-state index is -0.196. The molecule has 0 aliphatic carbocycles. The zero-order valence-corrected chi connectivity index (χ0v) is 19.9. The highest BCUT2D eigenvalue weighted by atomic mass is 32.2. The molecule has 2 heterocycles. The number of aromatic nitrogens is 1. The molecule has 0 radical (unpaired) electrons. The monoisotopic (exact) mass is 466 g/mol. The SMILES string of the molecule is Cc1ccc(Cn2cc(/C=C3/SC(=O)N(CCCc4ccccc4)C3=O)c3ccccc32)cc1. The summed E-state index contributed by atoms with van der Waals surface area (Å²) in [7, 11) is 0. The standard InChI is InChI=1S/C29H26N2O2S/c1-21-13-15-23(16-14-21)19-30-20-24(25-11-5-6-12-26(25)30)18-27-28(32)31(29(33)34-27)17-7-10-22-8-3-2-4-9-22/h2-6,8-9,11-16,18,20H,7,10,17,19H2,1H3/b27-18+. The van der Waals surface area contributed by atoms with Crippen molar-refractivity contribution in [3.05, 3.63) is 112 Å². The normalized spacial score (nSPS) is 15.1. The van der Waals surface area contributed by atoms with Gasteiger partial charge >= 0.3 is 0 Å². The summed E-state index contributed by atoms with van der Waals surface area (Å²) < 4.78 is 2.20. The Morgan fingerprint density at radius 2 is 1.59 bits per heavy atom. The van der Waals surface area contributed by atoms with E-state index in [9.17, 15) is 9.59 Å². The molecule has 1 aliphatic heterocycles. The first-order valence-corrected chi connectivity index (χ1v) is 12.3. The number of rotatable bonds is 7. The van der Waals surface area contributed by atoms with Crippen LogP contribution in [0.1, 0.15) is 28.7 Å². The molecule has 170 valence electrons. The van der Waals surface area contributed by atoms with E-state index in [1.807, 2.05) is 36.4 Å². The fourth-order valence-electron chi connectivity index (χ4n) is 4.33. The van der Waals surface area contributed by atoms with Gasteiger partial charge in [0.25, 0.3) is 11.1 Å². The summed E-state index contributed by atoms with van der Waals surface area (Å²) in [4.78, 5) is 27.5. The van der Waals surface area contributed by atoms with Gasteiger partial charge in [-0.1, -0.05) is 78.4 Å². The average molecular weight is 467 g/mol. The first-order chi connectivity index (χ1) is 16.6. The second-order valence-electron chi connectivity index (χ2n) is 8.64. The van der Waals surface area contributed by atoms with Gasteiger partial charge in [-0.15, -0.1) is 0 Å². The Labute approximate surface area is 203 Å². The average Bonchev–Trinajstić information content (AvgIpc) is 3.33. The summed E-state index contributed by atoms with van der Waals surface area (Å²) in [6, 6.07) is 26.9. The lowest BCUT2D eigenvalue weighted by atomic mass is 10.1. The van der Waals surface area contributed by atoms with Gasteiger partial charge < -0.3 is 4.57 Å². The molecule has 0 spiro atoms. The van der Waals surface area contributed by atoms with E-state index in [4.69, 9.17) is 0 Å². The molecule has 5 rings (SSSR count). The summed E-state index contributed by atoms with van der Waals surface area (Å²) in [5, 5.41) is 0.887. The number of hydrogen-bond acceptors (Lipinski definition) is 3. The highest BCUT2D eigenvalue weighted by Gasteiger charge is 2.34. The van der Waals surface area contributed by atoms with Crippen molar-refractivity contribution in [2.75, 3.05) is 6.54 Å². The number of nitrogens with zero attached hydrogens (tertiary/aromatic N) is 2. The molecule has 4 aromatic rings. The summed E-state index contributed by atoms with van der Waals surface area (Å²) in [6.45, 7) is 3.27. The van der Waals surface area contributed by atoms with Crippen molar-refractivity contribution in [2.45, 2.75) is 26.3 Å². The number of carbonyl (C=O) groups excluding carboxylic acids is 2. The molecule has 0 bridgehead atoms. The molecule has 0 unspecified atom stereocenters. The highest BCUT2D eigenvalue weighted by Crippen LogP contribution is 2.34. The van der Waals surface area contributed by atoms with E-state index < -0.39 is 0 Å². The van der Waals surface area contributed by atoms with E-state index in [-0.39, 0.29) is 11.1 Å². The number of fused-ring (bicyclic) bond motifs is 1. The molecule has 1 fully saturated rings. The van der Waals surface area contributed by atoms with Gasteiger partial charge in [0.05, 0.1) is 4.91 Å². The van der Waals surface area contributed by atoms with Crippen molar-refractivity contribution in [3.8, 4) is 0 Å². The van der Waals surface area contributed by atoms with E-state index in [1.165, 1.54) is 21.6 Å². The van der Waals surface area contributed by atoms with Crippen LogP contribution >= 0.6 is 11.8 Å². The van der Waals surface area contributed by atoms with Gasteiger partial charge in [0.2, 0.25) is 0 Å². The first-order valence-electron chi connectivity index (χ1n) is 11.5. The van der Waals surface area contributed by atoms with Gasteiger partial charge in [-0.2, -0.15) is 0 Å². The Hall–Kier alpha value is -3.57. The third-order valence-corrected chi connectivity index (χ3v) is 7.05. The fraction of sp³-hybridized carbons (Fsp3) is 0.172. The molecule has 1 aromatic heterocycles. The van der Waals surface area contributed by atoms with Gasteiger partial charge in [0.1, 0.15) is 0 Å². The Morgan fingerprint density at radius 3 is 2.38 bits per heavy atom. The fourth-order valence-corrected chi connectivity index (χ4v) is 5.19. The first kappa shape index (κ1) is 22.2. The van der Waals surface area contributed by atoms with Gasteiger partial charge in [-0.25, -0.2) is 0 Å². The van der Waals surface area contributed by atoms with Crippen LogP contribution in [0.2, 0.25) is 0 Å². The molecule has 1 saturated heterocycles. The Kier molecular flexibility index (Phi) is 6.37. The number of hydrogen-bond donors (Lipinski definition) is 0. The smallest absolute Gasteiger partial charge is 0.293 e. The third kappa shape index (κ3) is 4.70. The van der Waals surface area contributed by atoms with Crippen LogP contribution in [0.3, 0.4) is 0 Å². The predicted octanol–water partition coefficient (Wildman–Crippen LogP) is 6.67. The highest BCUT2D eigenvalue weighted by molar-refractivity contribution is 8.18. The van der Waals surface area contributed by atoms with Crippen LogP contribution < -0.4 is 0 Å². The lowest BCUT2D eigenvalue weighted by Gasteiger charge is -2.12. The Balaban J connectivity index is 1.36. The molecule has 2 amide bonds. The number of para-hydroxylation sites is 1. The van der Waals surface area contributed by atoms with Crippen LogP contribution in [0.15, 0.2) is 90.0 Å². The maximum Gasteiger partial charge on any atom is 0.293 e. The van der Waals surface area contributed by atoms with E-state index >= 15 is 0 Å². The zero-order valence-electron chi connectivity index (χ0n) is 19.1. The van der Waals surface area contributed by atoms with Crippen molar-refractivity contribution >= 4 is 39.9 Å². The van der Waals surface area contributed by atoms with Crippen molar-refractivity contribution in [2.24, 2.45) is 0 Å². The number of benzene rings is 3. The predicted molar refractivity (Wildman–Crippen MR) is 140 cm³/mol. The third-order valence-electron chi connectivity index (χ3n) is 6.14. The summed E-state index contributed by atoms with van der Waals surface area (Å²) in [5.41, 5.74) is 5.73. The van der Waals surface area contributed by atoms with E-state index in [0.29, 0.717) is 11.4 Å². The van der Waals surface area contributed by atoms with Gasteiger partial charge in [0, 0.05) is 35.8 Å². The topological polar surface area (TPSA) is 42.3 Å². The maximum atomic E-state index is 13.0. The van der Waals surface area contributed by atoms with Crippen LogP contribution in [0.25, 0.3) is 17.0 Å². The molecule has 34 heavy (non-hydrogen) atoms. The lowest BCUT2D eigenvalue weighted by Crippen LogP contribution is -2.29. The van der Waals surface area contributed by atoms with E-state index in [2.05, 4.69) is 66.2 Å². The van der Waals surface area contributed by atoms with Crippen molar-refractivity contribution < 1.29 is 9.59 Å². The van der Waals surface area contributed by atoms with Crippen LogP contribution in [0.4, 0.5) is 4.79 Å². The minimum Gasteiger partial charge on any atom is -0.342 e. The maximum absolute atomic E-state index is 13.0. The van der Waals surface area contributed by atoms with Crippen LogP contribution in [0.5, 0.6) is 0 Å². The summed E-state index contributed by atoms with van der Waals surface area (Å²) >= 11 is 1.04. The molecule has 4 nitrogen and oxygen atoms in total. The van der Waals surface area contributed by atoms with Gasteiger partial charge in [-0.3, -0.25) is 14.5 Å². The van der Waals surface area contributed by atoms with Crippen LogP contribution in [-0.2, 0) is 17.8 Å². The summed E-state index contributed by atoms with van der Waals surface area (Å²) in [6.07, 6.45) is 5.54. The van der Waals surface area contributed by atoms with E-state index in [0.717, 1.165) is 47.6 Å². The number of amides is 2. The molecule has 0 atom stereocenters. The number of imide groups is 1. The quantitative estimate of drug-likeness (QED) is 0.286. The second-order valence-corrected chi connectivity index (χ2v) is 9.63. The number of thioether (sulfide) groups is 1. The number of aryl methyl sites for hydroxylation is 2. The van der Waals surface area contributed by atoms with Crippen LogP contribution in [0, 0.1) is 6.92 Å². The molecular formula is C29H26N2O2S. The van der Waals surface area contributed by atoms with Gasteiger partial charge in [0.15, 0.2) is 0 Å². The molecule has 0 N–H and O–H groups in total. The molecular weight excluding hydrogens is 440 g/mol. The van der Waals surface area contributed by atoms with Crippen molar-refractivity contribution in [1.29, 1.82) is 0 Å². The van der Waals surface area contributed by atoms with Crippen molar-refractivity contribution in [1.82, 2.24) is 9.47 Å². The number of carbonyl (C=O) groups is 2. The molecule has 0 saturated carbocycles.